The zero-order valence-corrected chi connectivity index (χ0v) is 18.0. The van der Waals surface area contributed by atoms with Crippen LogP contribution in [0.1, 0.15) is 27.3 Å². The number of nitrogens with zero attached hydrogens (tertiary/aromatic N) is 2. The highest BCUT2D eigenvalue weighted by Crippen LogP contribution is 2.28. The quantitative estimate of drug-likeness (QED) is 0.441. The molecule has 0 spiro atoms. The van der Waals surface area contributed by atoms with Crippen LogP contribution in [-0.4, -0.2) is 35.2 Å². The molecule has 3 aromatic rings. The number of rotatable bonds is 8. The maximum absolute atomic E-state index is 12.4. The average Bonchev–Trinajstić information content (AvgIpc) is 3.10. The first-order valence-corrected chi connectivity index (χ1v) is 9.76. The molecule has 0 saturated heterocycles. The van der Waals surface area contributed by atoms with Gasteiger partial charge >= 0.3 is 0 Å². The Morgan fingerprint density at radius 3 is 2.45 bits per heavy atom. The Morgan fingerprint density at radius 1 is 1.06 bits per heavy atom. The highest BCUT2D eigenvalue weighted by molar-refractivity contribution is 6.05. The molecule has 2 aromatic carbocycles. The van der Waals surface area contributed by atoms with Crippen LogP contribution < -0.4 is 14.8 Å². The molecule has 0 saturated carbocycles. The molecule has 1 heterocycles. The molecule has 160 valence electrons. The van der Waals surface area contributed by atoms with Gasteiger partial charge in [0.1, 0.15) is 5.69 Å². The van der Waals surface area contributed by atoms with E-state index in [1.54, 1.807) is 42.1 Å². The minimum Gasteiger partial charge on any atom is -0.493 e. The summed E-state index contributed by atoms with van der Waals surface area (Å²) < 4.78 is 12.5. The lowest BCUT2D eigenvalue weighted by atomic mass is 10.1. The number of methoxy groups -OCH3 is 1. The first-order chi connectivity index (χ1) is 14.9. The van der Waals surface area contributed by atoms with Gasteiger partial charge in [-0.25, -0.2) is 0 Å². The summed E-state index contributed by atoms with van der Waals surface area (Å²) in [6.07, 6.45) is 3.18. The normalized spacial score (nSPS) is 10.8. The van der Waals surface area contributed by atoms with Crippen molar-refractivity contribution in [3.63, 3.8) is 0 Å². The van der Waals surface area contributed by atoms with Crippen LogP contribution in [0.5, 0.6) is 11.5 Å². The van der Waals surface area contributed by atoms with Gasteiger partial charge in [0.05, 0.1) is 12.8 Å². The minimum absolute atomic E-state index is 0.143. The molecule has 0 radical (unpaired) electrons. The number of aryl methyl sites for hydroxylation is 3. The second kappa shape index (κ2) is 9.75. The summed E-state index contributed by atoms with van der Waals surface area (Å²) >= 11 is 0. The molecule has 31 heavy (non-hydrogen) atoms. The number of carbonyl (C=O) groups is 2. The summed E-state index contributed by atoms with van der Waals surface area (Å²) in [5, 5.41) is 6.97. The van der Waals surface area contributed by atoms with Gasteiger partial charge in [-0.3, -0.25) is 14.3 Å². The molecule has 7 heteroatoms. The molecular weight excluding hydrogens is 394 g/mol. The Balaban J connectivity index is 1.62. The van der Waals surface area contributed by atoms with Crippen molar-refractivity contribution in [3.8, 4) is 11.5 Å². The molecule has 3 rings (SSSR count). The second-order valence-corrected chi connectivity index (χ2v) is 7.11. The zero-order valence-electron chi connectivity index (χ0n) is 18.0. The summed E-state index contributed by atoms with van der Waals surface area (Å²) in [5.41, 5.74) is 3.89. The number of allylic oxidation sites excluding steroid dienone is 1. The van der Waals surface area contributed by atoms with Crippen molar-refractivity contribution in [2.24, 2.45) is 7.05 Å². The molecular formula is C24H25N3O4. The van der Waals surface area contributed by atoms with Gasteiger partial charge in [0.15, 0.2) is 18.1 Å². The van der Waals surface area contributed by atoms with E-state index < -0.39 is 0 Å². The first kappa shape index (κ1) is 21.8. The molecule has 1 aromatic heterocycles. The average molecular weight is 419 g/mol. The second-order valence-electron chi connectivity index (χ2n) is 7.11. The molecule has 0 fully saturated rings. The van der Waals surface area contributed by atoms with Crippen LogP contribution >= 0.6 is 0 Å². The molecule has 0 atom stereocenters. The number of carbonyl (C=O) groups excluding carboxylic acids is 2. The van der Waals surface area contributed by atoms with Crippen LogP contribution in [0.25, 0.3) is 6.08 Å². The maximum atomic E-state index is 12.4. The molecule has 0 aliphatic carbocycles. The van der Waals surface area contributed by atoms with Gasteiger partial charge in [0, 0.05) is 12.7 Å². The largest absolute Gasteiger partial charge is 0.493 e. The van der Waals surface area contributed by atoms with Gasteiger partial charge in [-0.15, -0.1) is 0 Å². The number of nitrogens with one attached hydrogen (secondary N) is 1. The minimum atomic E-state index is -0.271. The van der Waals surface area contributed by atoms with Crippen LogP contribution in [0.15, 0.2) is 54.6 Å². The summed E-state index contributed by atoms with van der Waals surface area (Å²) in [7, 11) is 3.25. The van der Waals surface area contributed by atoms with E-state index in [1.807, 2.05) is 38.1 Å². The summed E-state index contributed by atoms with van der Waals surface area (Å²) in [6, 6.07) is 14.5. The summed E-state index contributed by atoms with van der Waals surface area (Å²) in [6.45, 7) is 3.67. The molecule has 0 aliphatic rings. The third-order valence-corrected chi connectivity index (χ3v) is 4.56. The van der Waals surface area contributed by atoms with Crippen molar-refractivity contribution < 1.29 is 19.1 Å². The van der Waals surface area contributed by atoms with Gasteiger partial charge < -0.3 is 14.8 Å². The van der Waals surface area contributed by atoms with Gasteiger partial charge in [-0.05, 0) is 55.8 Å². The lowest BCUT2D eigenvalue weighted by Gasteiger charge is -2.11. The van der Waals surface area contributed by atoms with Crippen molar-refractivity contribution in [3.05, 3.63) is 77.1 Å². The monoisotopic (exact) mass is 419 g/mol. The Kier molecular flexibility index (Phi) is 6.87. The van der Waals surface area contributed by atoms with Crippen LogP contribution in [0, 0.1) is 13.8 Å². The van der Waals surface area contributed by atoms with Crippen molar-refractivity contribution in [2.45, 2.75) is 13.8 Å². The molecule has 0 unspecified atom stereocenters. The van der Waals surface area contributed by atoms with E-state index in [9.17, 15) is 9.59 Å². The number of benzene rings is 2. The van der Waals surface area contributed by atoms with E-state index in [4.69, 9.17) is 9.47 Å². The van der Waals surface area contributed by atoms with Gasteiger partial charge in [0.25, 0.3) is 5.91 Å². The smallest absolute Gasteiger partial charge is 0.262 e. The molecule has 0 bridgehead atoms. The Morgan fingerprint density at radius 2 is 1.81 bits per heavy atom. The fraction of sp³-hybridized carbons (Fsp3) is 0.208. The van der Waals surface area contributed by atoms with Crippen LogP contribution in [0.3, 0.4) is 0 Å². The fourth-order valence-corrected chi connectivity index (χ4v) is 2.98. The van der Waals surface area contributed by atoms with Gasteiger partial charge in [-0.2, -0.15) is 5.10 Å². The van der Waals surface area contributed by atoms with Crippen LogP contribution in [0.2, 0.25) is 0 Å². The third kappa shape index (κ3) is 5.82. The van der Waals surface area contributed by atoms with E-state index >= 15 is 0 Å². The summed E-state index contributed by atoms with van der Waals surface area (Å²) in [5.74, 6) is 0.489. The molecule has 0 aliphatic heterocycles. The molecule has 7 nitrogen and oxygen atoms in total. The van der Waals surface area contributed by atoms with E-state index in [0.717, 1.165) is 16.8 Å². The topological polar surface area (TPSA) is 82.4 Å². The zero-order chi connectivity index (χ0) is 22.4. The summed E-state index contributed by atoms with van der Waals surface area (Å²) in [4.78, 5) is 24.5. The SMILES string of the molecule is COc1cc(/C=C/C(=O)c2cc(C)nn2C)ccc1OCC(=O)Nc1ccc(C)cc1. The van der Waals surface area contributed by atoms with Crippen LogP contribution in [0.4, 0.5) is 5.69 Å². The van der Waals surface area contributed by atoms with E-state index in [2.05, 4.69) is 10.4 Å². The molecule has 1 N–H and O–H groups in total. The number of aromatic nitrogens is 2. The van der Waals surface area contributed by atoms with Crippen LogP contribution in [-0.2, 0) is 11.8 Å². The van der Waals surface area contributed by atoms with Gasteiger partial charge in [0.2, 0.25) is 5.78 Å². The number of hydrogen-bond acceptors (Lipinski definition) is 5. The van der Waals surface area contributed by atoms with Crippen molar-refractivity contribution in [1.82, 2.24) is 9.78 Å². The van der Waals surface area contributed by atoms with E-state index in [0.29, 0.717) is 22.9 Å². The predicted molar refractivity (Wildman–Crippen MR) is 120 cm³/mol. The lowest BCUT2D eigenvalue weighted by molar-refractivity contribution is -0.118. The Labute approximate surface area is 181 Å². The first-order valence-electron chi connectivity index (χ1n) is 9.76. The number of ketones is 1. The van der Waals surface area contributed by atoms with Crippen molar-refractivity contribution in [1.29, 1.82) is 0 Å². The number of hydrogen-bond donors (Lipinski definition) is 1. The van der Waals surface area contributed by atoms with Gasteiger partial charge in [-0.1, -0.05) is 29.8 Å². The molecule has 1 amide bonds. The number of anilines is 1. The standard InChI is InChI=1S/C24H25N3O4/c1-16-5-9-19(10-6-16)25-24(29)15-31-22-12-8-18(14-23(22)30-4)7-11-21(28)20-13-17(2)26-27(20)3/h5-14H,15H2,1-4H3,(H,25,29)/b11-7+. The Bertz CT molecular complexity index is 1110. The van der Waals surface area contributed by atoms with Crippen molar-refractivity contribution >= 4 is 23.5 Å². The number of amides is 1. The Hall–Kier alpha value is -3.87. The van der Waals surface area contributed by atoms with E-state index in [-0.39, 0.29) is 18.3 Å². The third-order valence-electron chi connectivity index (χ3n) is 4.56. The maximum Gasteiger partial charge on any atom is 0.262 e. The number of ether oxygens (including phenoxy) is 2. The van der Waals surface area contributed by atoms with Crippen molar-refractivity contribution in [2.75, 3.05) is 19.0 Å². The predicted octanol–water partition coefficient (Wildman–Crippen LogP) is 3.96. The highest BCUT2D eigenvalue weighted by Gasteiger charge is 2.11. The van der Waals surface area contributed by atoms with E-state index in [1.165, 1.54) is 13.2 Å². The highest BCUT2D eigenvalue weighted by atomic mass is 16.5. The fourth-order valence-electron chi connectivity index (χ4n) is 2.98. The lowest BCUT2D eigenvalue weighted by Crippen LogP contribution is -2.20.